The third kappa shape index (κ3) is 2.60. The molecule has 7 heteroatoms. The van der Waals surface area contributed by atoms with Crippen LogP contribution in [-0.2, 0) is 0 Å². The second kappa shape index (κ2) is 5.33. The molecule has 0 unspecified atom stereocenters. The van der Waals surface area contributed by atoms with E-state index < -0.39 is 0 Å². The first-order valence-corrected chi connectivity index (χ1v) is 6.79. The van der Waals surface area contributed by atoms with E-state index in [0.29, 0.717) is 10.6 Å². The minimum absolute atomic E-state index is 0.601. The van der Waals surface area contributed by atoms with Gasteiger partial charge in [0, 0.05) is 20.3 Å². The van der Waals surface area contributed by atoms with Crippen molar-refractivity contribution in [2.45, 2.75) is 16.3 Å². The maximum atomic E-state index is 9.13. The SMILES string of the molecule is Cc1ccnc(Sc2nnc(N(C)C)s2)c1C#N. The first-order chi connectivity index (χ1) is 8.61. The Balaban J connectivity index is 2.29. The van der Waals surface area contributed by atoms with Crippen molar-refractivity contribution < 1.29 is 0 Å². The van der Waals surface area contributed by atoms with E-state index in [1.54, 1.807) is 6.20 Å². The van der Waals surface area contributed by atoms with Gasteiger partial charge in [0.15, 0.2) is 4.34 Å². The maximum absolute atomic E-state index is 9.13. The van der Waals surface area contributed by atoms with Gasteiger partial charge in [0.1, 0.15) is 11.1 Å². The number of aromatic nitrogens is 3. The largest absolute Gasteiger partial charge is 0.353 e. The third-order valence-corrected chi connectivity index (χ3v) is 4.34. The summed E-state index contributed by atoms with van der Waals surface area (Å²) in [6.07, 6.45) is 1.70. The number of aryl methyl sites for hydroxylation is 1. The van der Waals surface area contributed by atoms with Crippen LogP contribution < -0.4 is 4.90 Å². The van der Waals surface area contributed by atoms with Gasteiger partial charge in [-0.3, -0.25) is 0 Å². The molecule has 0 bridgehead atoms. The van der Waals surface area contributed by atoms with Crippen LogP contribution in [0.2, 0.25) is 0 Å². The molecule has 0 radical (unpaired) electrons. The van der Waals surface area contributed by atoms with Crippen LogP contribution >= 0.6 is 23.1 Å². The van der Waals surface area contributed by atoms with Crippen LogP contribution in [0.3, 0.4) is 0 Å². The number of hydrogen-bond acceptors (Lipinski definition) is 7. The number of rotatable bonds is 3. The van der Waals surface area contributed by atoms with Crippen LogP contribution in [0.4, 0.5) is 5.13 Å². The quantitative estimate of drug-likeness (QED) is 0.858. The van der Waals surface area contributed by atoms with Crippen LogP contribution in [0, 0.1) is 18.3 Å². The van der Waals surface area contributed by atoms with E-state index in [-0.39, 0.29) is 0 Å². The Hall–Kier alpha value is -1.65. The van der Waals surface area contributed by atoms with Crippen LogP contribution in [-0.4, -0.2) is 29.3 Å². The first-order valence-electron chi connectivity index (χ1n) is 5.16. The predicted molar refractivity (Wildman–Crippen MR) is 72.0 cm³/mol. The minimum Gasteiger partial charge on any atom is -0.353 e. The molecule has 0 spiro atoms. The molecule has 0 saturated carbocycles. The second-order valence-electron chi connectivity index (χ2n) is 3.77. The number of nitrogens with zero attached hydrogens (tertiary/aromatic N) is 5. The van der Waals surface area contributed by atoms with Gasteiger partial charge in [-0.15, -0.1) is 10.2 Å². The lowest BCUT2D eigenvalue weighted by atomic mass is 10.2. The lowest BCUT2D eigenvalue weighted by Crippen LogP contribution is -2.07. The van der Waals surface area contributed by atoms with Gasteiger partial charge in [0.25, 0.3) is 0 Å². The lowest BCUT2D eigenvalue weighted by molar-refractivity contribution is 0.969. The van der Waals surface area contributed by atoms with E-state index in [9.17, 15) is 0 Å². The maximum Gasteiger partial charge on any atom is 0.208 e. The van der Waals surface area contributed by atoms with E-state index in [2.05, 4.69) is 21.3 Å². The molecule has 0 fully saturated rings. The summed E-state index contributed by atoms with van der Waals surface area (Å²) in [5.74, 6) is 0. The normalized spacial score (nSPS) is 10.1. The molecule has 2 rings (SSSR count). The zero-order valence-corrected chi connectivity index (χ0v) is 11.8. The Morgan fingerprint density at radius 2 is 2.17 bits per heavy atom. The van der Waals surface area contributed by atoms with Gasteiger partial charge in [-0.05, 0) is 30.3 Å². The average Bonchev–Trinajstić information content (AvgIpc) is 2.78. The molecule has 0 aliphatic carbocycles. The standard InChI is InChI=1S/C11H11N5S2/c1-7-4-5-13-9(8(7)6-12)17-11-15-14-10(18-11)16(2)3/h4-5H,1-3H3. The fourth-order valence-electron chi connectivity index (χ4n) is 1.25. The summed E-state index contributed by atoms with van der Waals surface area (Å²) in [6.45, 7) is 1.90. The van der Waals surface area contributed by atoms with Crippen LogP contribution in [0.15, 0.2) is 21.6 Å². The first kappa shape index (κ1) is 12.8. The molecular formula is C11H11N5S2. The van der Waals surface area contributed by atoms with Gasteiger partial charge in [-0.25, -0.2) is 4.98 Å². The lowest BCUT2D eigenvalue weighted by Gasteiger charge is -2.04. The van der Waals surface area contributed by atoms with Crippen LogP contribution in [0.1, 0.15) is 11.1 Å². The summed E-state index contributed by atoms with van der Waals surface area (Å²) in [5.41, 5.74) is 1.52. The molecule has 0 aliphatic heterocycles. The van der Waals surface area contributed by atoms with E-state index >= 15 is 0 Å². The van der Waals surface area contributed by atoms with E-state index in [4.69, 9.17) is 5.26 Å². The summed E-state index contributed by atoms with van der Waals surface area (Å²) in [4.78, 5) is 6.12. The summed E-state index contributed by atoms with van der Waals surface area (Å²) in [7, 11) is 3.83. The number of anilines is 1. The van der Waals surface area contributed by atoms with E-state index in [1.165, 1.54) is 23.1 Å². The summed E-state index contributed by atoms with van der Waals surface area (Å²) < 4.78 is 0.785. The van der Waals surface area contributed by atoms with Gasteiger partial charge in [0.2, 0.25) is 5.13 Å². The molecule has 0 amide bonds. The zero-order valence-electron chi connectivity index (χ0n) is 10.2. The highest BCUT2D eigenvalue weighted by molar-refractivity contribution is 8.01. The molecule has 0 N–H and O–H groups in total. The number of pyridine rings is 1. The van der Waals surface area contributed by atoms with Crippen molar-refractivity contribution in [3.05, 3.63) is 23.4 Å². The number of hydrogen-bond donors (Lipinski definition) is 0. The second-order valence-corrected chi connectivity index (χ2v) is 5.96. The van der Waals surface area contributed by atoms with Gasteiger partial charge in [0.05, 0.1) is 5.56 Å². The molecule has 5 nitrogen and oxygen atoms in total. The molecule has 18 heavy (non-hydrogen) atoms. The Bertz CT molecular complexity index is 600. The molecule has 2 aromatic heterocycles. The molecular weight excluding hydrogens is 266 g/mol. The average molecular weight is 277 g/mol. The van der Waals surface area contributed by atoms with Crippen molar-refractivity contribution in [3.63, 3.8) is 0 Å². The summed E-state index contributed by atoms with van der Waals surface area (Å²) in [6, 6.07) is 4.00. The number of nitriles is 1. The van der Waals surface area contributed by atoms with Crippen molar-refractivity contribution in [2.75, 3.05) is 19.0 Å². The topological polar surface area (TPSA) is 65.7 Å². The van der Waals surface area contributed by atoms with Gasteiger partial charge >= 0.3 is 0 Å². The third-order valence-electron chi connectivity index (χ3n) is 2.20. The predicted octanol–water partition coefficient (Wildman–Crippen LogP) is 2.33. The summed E-state index contributed by atoms with van der Waals surface area (Å²) >= 11 is 2.85. The van der Waals surface area contributed by atoms with E-state index in [1.807, 2.05) is 32.0 Å². The summed E-state index contributed by atoms with van der Waals surface area (Å²) in [5, 5.41) is 18.8. The van der Waals surface area contributed by atoms with Crippen molar-refractivity contribution in [3.8, 4) is 6.07 Å². The smallest absolute Gasteiger partial charge is 0.208 e. The van der Waals surface area contributed by atoms with Crippen molar-refractivity contribution in [1.29, 1.82) is 5.26 Å². The Labute approximate surface area is 113 Å². The Kier molecular flexibility index (Phi) is 3.79. The molecule has 0 aromatic carbocycles. The van der Waals surface area contributed by atoms with Crippen molar-refractivity contribution in [2.24, 2.45) is 0 Å². The highest BCUT2D eigenvalue weighted by Crippen LogP contribution is 2.33. The van der Waals surface area contributed by atoms with Crippen LogP contribution in [0.5, 0.6) is 0 Å². The molecule has 2 aromatic rings. The molecule has 2 heterocycles. The minimum atomic E-state index is 0.601. The van der Waals surface area contributed by atoms with Crippen molar-refractivity contribution in [1.82, 2.24) is 15.2 Å². The highest BCUT2D eigenvalue weighted by Gasteiger charge is 2.12. The highest BCUT2D eigenvalue weighted by atomic mass is 32.2. The molecule has 92 valence electrons. The zero-order chi connectivity index (χ0) is 13.1. The monoisotopic (exact) mass is 277 g/mol. The Morgan fingerprint density at radius 3 is 2.78 bits per heavy atom. The molecule has 0 atom stereocenters. The fraction of sp³-hybridized carbons (Fsp3) is 0.273. The van der Waals surface area contributed by atoms with Gasteiger partial charge in [-0.1, -0.05) is 11.3 Å². The van der Waals surface area contributed by atoms with Gasteiger partial charge in [-0.2, -0.15) is 5.26 Å². The van der Waals surface area contributed by atoms with E-state index in [0.717, 1.165) is 15.0 Å². The molecule has 0 saturated heterocycles. The Morgan fingerprint density at radius 1 is 1.39 bits per heavy atom. The van der Waals surface area contributed by atoms with Gasteiger partial charge < -0.3 is 4.90 Å². The van der Waals surface area contributed by atoms with Crippen molar-refractivity contribution >= 4 is 28.2 Å². The van der Waals surface area contributed by atoms with Crippen LogP contribution in [0.25, 0.3) is 0 Å². The molecule has 0 aliphatic rings. The fourth-order valence-corrected chi connectivity index (χ4v) is 3.05.